The molecular weight excluding hydrogens is 489 g/mol. The topological polar surface area (TPSA) is 99.8 Å². The van der Waals surface area contributed by atoms with E-state index in [-0.39, 0.29) is 34.8 Å². The molecule has 37 heavy (non-hydrogen) atoms. The Balaban J connectivity index is 1.42. The van der Waals surface area contributed by atoms with Crippen LogP contribution in [-0.4, -0.2) is 47.6 Å². The lowest BCUT2D eigenvalue weighted by Crippen LogP contribution is -2.38. The van der Waals surface area contributed by atoms with Crippen LogP contribution < -0.4 is 19.9 Å². The summed E-state index contributed by atoms with van der Waals surface area (Å²) < 4.78 is 55.1. The first kappa shape index (κ1) is 26.1. The Kier molecular flexibility index (Phi) is 7.70. The number of rotatable bonds is 7. The average molecular weight is 517 g/mol. The zero-order valence-corrected chi connectivity index (χ0v) is 20.4. The van der Waals surface area contributed by atoms with E-state index < -0.39 is 11.7 Å². The van der Waals surface area contributed by atoms with Gasteiger partial charge in [0.1, 0.15) is 23.0 Å². The van der Waals surface area contributed by atoms with E-state index in [2.05, 4.69) is 9.97 Å². The highest BCUT2D eigenvalue weighted by molar-refractivity contribution is 5.93. The second-order valence-corrected chi connectivity index (χ2v) is 8.49. The number of methoxy groups -OCH3 is 1. The van der Waals surface area contributed by atoms with Gasteiger partial charge >= 0.3 is 6.18 Å². The van der Waals surface area contributed by atoms with Crippen LogP contribution in [0.5, 0.6) is 23.0 Å². The number of aromatic nitrogens is 2. The van der Waals surface area contributed by atoms with Gasteiger partial charge in [0.15, 0.2) is 11.5 Å². The first-order valence-electron chi connectivity index (χ1n) is 11.8. The van der Waals surface area contributed by atoms with Gasteiger partial charge in [0.25, 0.3) is 5.91 Å². The molecule has 0 bridgehead atoms. The molecule has 11 heteroatoms. The van der Waals surface area contributed by atoms with E-state index in [1.165, 1.54) is 31.5 Å². The monoisotopic (exact) mass is 516 g/mol. The first-order valence-corrected chi connectivity index (χ1v) is 11.8. The van der Waals surface area contributed by atoms with Gasteiger partial charge in [-0.2, -0.15) is 13.2 Å². The Labute approximate surface area is 212 Å². The number of ether oxygens (including phenoxy) is 3. The molecule has 0 unspecified atom stereocenters. The predicted molar refractivity (Wildman–Crippen MR) is 130 cm³/mol. The number of benzene rings is 1. The number of carbonyl (C=O) groups excluding carboxylic acids is 1. The van der Waals surface area contributed by atoms with Crippen LogP contribution in [0.1, 0.15) is 47.3 Å². The van der Waals surface area contributed by atoms with Gasteiger partial charge in [0, 0.05) is 37.0 Å². The van der Waals surface area contributed by atoms with Gasteiger partial charge in [-0.05, 0) is 49.9 Å². The molecule has 1 amide bonds. The lowest BCUT2D eigenvalue weighted by Gasteiger charge is -2.32. The fourth-order valence-corrected chi connectivity index (χ4v) is 4.22. The summed E-state index contributed by atoms with van der Waals surface area (Å²) in [5.74, 6) is 1.64. The van der Waals surface area contributed by atoms with Crippen molar-refractivity contribution in [1.29, 1.82) is 0 Å². The van der Waals surface area contributed by atoms with Crippen molar-refractivity contribution in [3.63, 3.8) is 0 Å². The largest absolute Gasteiger partial charge is 0.493 e. The van der Waals surface area contributed by atoms with Crippen LogP contribution in [0.4, 0.5) is 19.0 Å². The summed E-state index contributed by atoms with van der Waals surface area (Å²) in [5, 5.41) is 0. The maximum absolute atomic E-state index is 13.1. The second kappa shape index (κ2) is 10.9. The zero-order chi connectivity index (χ0) is 26.6. The van der Waals surface area contributed by atoms with Crippen LogP contribution in [0, 0.1) is 0 Å². The standard InChI is InChI=1S/C26H27F3N4O4/c1-3-36-21-13-24(30)32-14-19(21)16-8-10-33(11-9-16)25(34)20-12-22(35-2)23(15-31-20)37-18-6-4-17(5-7-18)26(27,28)29/h4-7,12-16H,3,8-11H2,1-2H3,(H2,30,32). The number of likely N-dealkylation sites (tertiary alicyclic amines) is 1. The molecule has 1 saturated heterocycles. The number of hydrogen-bond acceptors (Lipinski definition) is 7. The van der Waals surface area contributed by atoms with Crippen molar-refractivity contribution in [3.05, 3.63) is 65.6 Å². The number of alkyl halides is 3. The van der Waals surface area contributed by atoms with E-state index in [9.17, 15) is 18.0 Å². The van der Waals surface area contributed by atoms with Crippen molar-refractivity contribution in [3.8, 4) is 23.0 Å². The number of nitrogens with two attached hydrogens (primary N) is 1. The molecule has 2 aromatic heterocycles. The first-order chi connectivity index (χ1) is 17.7. The number of halogens is 3. The highest BCUT2D eigenvalue weighted by Crippen LogP contribution is 2.36. The number of amides is 1. The van der Waals surface area contributed by atoms with Gasteiger partial charge in [-0.15, -0.1) is 0 Å². The van der Waals surface area contributed by atoms with Gasteiger partial charge in [-0.1, -0.05) is 0 Å². The molecular formula is C26H27F3N4O4. The molecule has 0 atom stereocenters. The molecule has 196 valence electrons. The molecule has 3 heterocycles. The SMILES string of the molecule is CCOc1cc(N)ncc1C1CCN(C(=O)c2cc(OC)c(Oc3ccc(C(F)(F)F)cc3)cn2)CC1. The molecule has 1 aliphatic rings. The summed E-state index contributed by atoms with van der Waals surface area (Å²) in [5.41, 5.74) is 6.18. The lowest BCUT2D eigenvalue weighted by atomic mass is 9.89. The van der Waals surface area contributed by atoms with Crippen molar-refractivity contribution in [2.45, 2.75) is 31.9 Å². The molecule has 1 aliphatic heterocycles. The fourth-order valence-electron chi connectivity index (χ4n) is 4.22. The minimum absolute atomic E-state index is 0.178. The van der Waals surface area contributed by atoms with E-state index >= 15 is 0 Å². The summed E-state index contributed by atoms with van der Waals surface area (Å²) in [4.78, 5) is 23.3. The summed E-state index contributed by atoms with van der Waals surface area (Å²) in [7, 11) is 1.41. The van der Waals surface area contributed by atoms with Gasteiger partial charge in [0.05, 0.1) is 25.5 Å². The minimum Gasteiger partial charge on any atom is -0.493 e. The number of piperidine rings is 1. The molecule has 2 N–H and O–H groups in total. The van der Waals surface area contributed by atoms with Gasteiger partial charge in [-0.3, -0.25) is 4.79 Å². The second-order valence-electron chi connectivity index (χ2n) is 8.49. The van der Waals surface area contributed by atoms with E-state index in [4.69, 9.17) is 19.9 Å². The lowest BCUT2D eigenvalue weighted by molar-refractivity contribution is -0.137. The molecule has 1 aromatic carbocycles. The van der Waals surface area contributed by atoms with Crippen LogP contribution in [0.25, 0.3) is 0 Å². The van der Waals surface area contributed by atoms with Crippen molar-refractivity contribution in [1.82, 2.24) is 14.9 Å². The van der Waals surface area contributed by atoms with Crippen LogP contribution in [-0.2, 0) is 6.18 Å². The van der Waals surface area contributed by atoms with Crippen molar-refractivity contribution in [2.75, 3.05) is 32.5 Å². The van der Waals surface area contributed by atoms with Crippen LogP contribution in [0.3, 0.4) is 0 Å². The molecule has 0 saturated carbocycles. The Hall–Kier alpha value is -4.02. The summed E-state index contributed by atoms with van der Waals surface area (Å²) in [6, 6.07) is 7.45. The molecule has 8 nitrogen and oxygen atoms in total. The summed E-state index contributed by atoms with van der Waals surface area (Å²) in [6.45, 7) is 3.46. The summed E-state index contributed by atoms with van der Waals surface area (Å²) >= 11 is 0. The van der Waals surface area contributed by atoms with Gasteiger partial charge in [0.2, 0.25) is 0 Å². The number of nitrogen functional groups attached to an aromatic ring is 1. The molecule has 0 spiro atoms. The van der Waals surface area contributed by atoms with Crippen molar-refractivity contribution in [2.24, 2.45) is 0 Å². The van der Waals surface area contributed by atoms with E-state index in [0.717, 1.165) is 36.3 Å². The number of carbonyl (C=O) groups is 1. The van der Waals surface area contributed by atoms with Crippen LogP contribution >= 0.6 is 0 Å². The van der Waals surface area contributed by atoms with Crippen molar-refractivity contribution < 1.29 is 32.2 Å². The highest BCUT2D eigenvalue weighted by Gasteiger charge is 2.30. The van der Waals surface area contributed by atoms with Crippen LogP contribution in [0.15, 0.2) is 48.8 Å². The molecule has 0 radical (unpaired) electrons. The number of nitrogens with zero attached hydrogens (tertiary/aromatic N) is 3. The smallest absolute Gasteiger partial charge is 0.416 e. The fraction of sp³-hybridized carbons (Fsp3) is 0.346. The number of anilines is 1. The summed E-state index contributed by atoms with van der Waals surface area (Å²) in [6.07, 6.45) is 0.0777. The number of pyridine rings is 2. The van der Waals surface area contributed by atoms with E-state index in [1.807, 2.05) is 6.92 Å². The predicted octanol–water partition coefficient (Wildman–Crippen LogP) is 5.30. The Bertz CT molecular complexity index is 1240. The third-order valence-corrected chi connectivity index (χ3v) is 6.12. The van der Waals surface area contributed by atoms with Crippen molar-refractivity contribution >= 4 is 11.7 Å². The average Bonchev–Trinajstić information content (AvgIpc) is 2.89. The third kappa shape index (κ3) is 6.04. The van der Waals surface area contributed by atoms with Gasteiger partial charge in [-0.25, -0.2) is 9.97 Å². The zero-order valence-electron chi connectivity index (χ0n) is 20.4. The maximum atomic E-state index is 13.1. The molecule has 1 fully saturated rings. The maximum Gasteiger partial charge on any atom is 0.416 e. The molecule has 4 rings (SSSR count). The quantitative estimate of drug-likeness (QED) is 0.455. The number of hydrogen-bond donors (Lipinski definition) is 1. The normalized spacial score (nSPS) is 14.4. The van der Waals surface area contributed by atoms with E-state index in [1.54, 1.807) is 17.2 Å². The highest BCUT2D eigenvalue weighted by atomic mass is 19.4. The van der Waals surface area contributed by atoms with E-state index in [0.29, 0.717) is 25.5 Å². The Morgan fingerprint density at radius 2 is 1.76 bits per heavy atom. The third-order valence-electron chi connectivity index (χ3n) is 6.12. The minimum atomic E-state index is -4.44. The Morgan fingerprint density at radius 1 is 1.05 bits per heavy atom. The Morgan fingerprint density at radius 3 is 2.38 bits per heavy atom. The van der Waals surface area contributed by atoms with Crippen LogP contribution in [0.2, 0.25) is 0 Å². The van der Waals surface area contributed by atoms with Gasteiger partial charge < -0.3 is 24.8 Å². The molecule has 0 aliphatic carbocycles. The molecule has 3 aromatic rings.